The van der Waals surface area contributed by atoms with Crippen molar-refractivity contribution < 1.29 is 36.9 Å². The zero-order valence-electron chi connectivity index (χ0n) is 12.9. The van der Waals surface area contributed by atoms with E-state index < -0.39 is 35.7 Å². The molecule has 1 atom stereocenters. The number of alkyl halides is 3. The average molecular weight is 372 g/mol. The molecule has 1 amide bonds. The molecule has 2 aromatic rings. The Bertz CT molecular complexity index is 841. The minimum Gasteiger partial charge on any atom is -0.504 e. The van der Waals surface area contributed by atoms with Gasteiger partial charge < -0.3 is 25.2 Å². The van der Waals surface area contributed by atoms with Gasteiger partial charge in [-0.3, -0.25) is 4.79 Å². The molecule has 0 saturated heterocycles. The summed E-state index contributed by atoms with van der Waals surface area (Å²) < 4.78 is 59.2. The summed E-state index contributed by atoms with van der Waals surface area (Å²) in [5.41, 5.74) is 0.474. The van der Waals surface area contributed by atoms with E-state index in [1.54, 1.807) is 0 Å². The van der Waals surface area contributed by atoms with E-state index in [0.29, 0.717) is 5.69 Å². The highest BCUT2D eigenvalue weighted by atomic mass is 19.4. The molecule has 0 bridgehead atoms. The zero-order valence-corrected chi connectivity index (χ0v) is 12.9. The van der Waals surface area contributed by atoms with Crippen molar-refractivity contribution in [2.75, 3.05) is 17.2 Å². The lowest BCUT2D eigenvalue weighted by Gasteiger charge is -2.26. The Morgan fingerprint density at radius 2 is 2.04 bits per heavy atom. The third-order valence-electron chi connectivity index (χ3n) is 3.44. The number of phenolic OH excluding ortho intramolecular Hbond substituents is 1. The molecule has 1 aliphatic heterocycles. The van der Waals surface area contributed by atoms with Crippen molar-refractivity contribution in [3.63, 3.8) is 0 Å². The number of halogens is 4. The quantitative estimate of drug-likeness (QED) is 0.569. The number of rotatable bonds is 3. The second-order valence-electron chi connectivity index (χ2n) is 5.35. The maximum atomic E-state index is 13.2. The maximum absolute atomic E-state index is 13.2. The van der Waals surface area contributed by atoms with Crippen LogP contribution in [0.2, 0.25) is 0 Å². The van der Waals surface area contributed by atoms with E-state index in [0.717, 1.165) is 18.2 Å². The Labute approximate surface area is 144 Å². The molecule has 10 heteroatoms. The van der Waals surface area contributed by atoms with Crippen molar-refractivity contribution in [1.29, 1.82) is 0 Å². The van der Waals surface area contributed by atoms with E-state index in [1.807, 2.05) is 0 Å². The molecular formula is C16H12F4N2O4. The molecule has 0 spiro atoms. The monoisotopic (exact) mass is 372 g/mol. The van der Waals surface area contributed by atoms with Gasteiger partial charge in [0.05, 0.1) is 12.2 Å². The standard InChI is InChI=1S/C16H12F4N2O4/c17-8-1-3-10-12(5-8)25-14(7-21-10)15(24)22-9-2-4-11(23)13(6-9)26-16(18,19)20/h1-6,14,21,23H,7H2,(H,22,24). The molecule has 2 aromatic carbocycles. The van der Waals surface area contributed by atoms with Gasteiger partial charge in [0.2, 0.25) is 0 Å². The SMILES string of the molecule is O=C(Nc1ccc(O)c(OC(F)(F)F)c1)C1CNc2ccc(F)cc2O1. The number of hydrogen-bond acceptors (Lipinski definition) is 5. The normalized spacial score (nSPS) is 16.1. The summed E-state index contributed by atoms with van der Waals surface area (Å²) in [7, 11) is 0. The lowest BCUT2D eigenvalue weighted by atomic mass is 10.2. The molecule has 138 valence electrons. The van der Waals surface area contributed by atoms with Crippen molar-refractivity contribution in [1.82, 2.24) is 0 Å². The van der Waals surface area contributed by atoms with Crippen LogP contribution in [0.5, 0.6) is 17.2 Å². The third kappa shape index (κ3) is 4.08. The Hall–Kier alpha value is -3.17. The molecule has 0 saturated carbocycles. The number of aromatic hydroxyl groups is 1. The van der Waals surface area contributed by atoms with E-state index >= 15 is 0 Å². The van der Waals surface area contributed by atoms with Crippen LogP contribution in [0.15, 0.2) is 36.4 Å². The Balaban J connectivity index is 1.71. The Morgan fingerprint density at radius 1 is 1.27 bits per heavy atom. The summed E-state index contributed by atoms with van der Waals surface area (Å²) in [6.45, 7) is 0.0778. The molecular weight excluding hydrogens is 360 g/mol. The summed E-state index contributed by atoms with van der Waals surface area (Å²) in [5, 5.41) is 14.7. The first-order valence-corrected chi connectivity index (χ1v) is 7.31. The third-order valence-corrected chi connectivity index (χ3v) is 3.44. The molecule has 1 unspecified atom stereocenters. The van der Waals surface area contributed by atoms with Gasteiger partial charge in [-0.25, -0.2) is 4.39 Å². The van der Waals surface area contributed by atoms with Gasteiger partial charge in [-0.2, -0.15) is 0 Å². The van der Waals surface area contributed by atoms with Crippen LogP contribution >= 0.6 is 0 Å². The topological polar surface area (TPSA) is 79.8 Å². The number of phenols is 1. The number of nitrogens with one attached hydrogen (secondary N) is 2. The fourth-order valence-electron chi connectivity index (χ4n) is 2.30. The number of carbonyl (C=O) groups excluding carboxylic acids is 1. The van der Waals surface area contributed by atoms with Crippen LogP contribution in [0.1, 0.15) is 0 Å². The fraction of sp³-hybridized carbons (Fsp3) is 0.188. The molecule has 0 fully saturated rings. The number of ether oxygens (including phenoxy) is 2. The second kappa shape index (κ2) is 6.62. The van der Waals surface area contributed by atoms with E-state index in [2.05, 4.69) is 15.4 Å². The lowest BCUT2D eigenvalue weighted by Crippen LogP contribution is -2.41. The van der Waals surface area contributed by atoms with Gasteiger partial charge in [0, 0.05) is 17.8 Å². The van der Waals surface area contributed by atoms with Crippen LogP contribution < -0.4 is 20.1 Å². The zero-order chi connectivity index (χ0) is 18.9. The molecule has 26 heavy (non-hydrogen) atoms. The number of hydrogen-bond donors (Lipinski definition) is 3. The summed E-state index contributed by atoms with van der Waals surface area (Å²) in [6, 6.07) is 6.76. The van der Waals surface area contributed by atoms with Crippen molar-refractivity contribution >= 4 is 17.3 Å². The van der Waals surface area contributed by atoms with Crippen LogP contribution in [0.25, 0.3) is 0 Å². The largest absolute Gasteiger partial charge is 0.573 e. The average Bonchev–Trinajstić information content (AvgIpc) is 2.56. The predicted octanol–water partition coefficient (Wildman–Crippen LogP) is 3.24. The van der Waals surface area contributed by atoms with Gasteiger partial charge in [0.1, 0.15) is 11.6 Å². The van der Waals surface area contributed by atoms with Crippen molar-refractivity contribution in [3.8, 4) is 17.2 Å². The van der Waals surface area contributed by atoms with Gasteiger partial charge in [-0.05, 0) is 24.3 Å². The van der Waals surface area contributed by atoms with Crippen LogP contribution in [-0.2, 0) is 4.79 Å². The molecule has 3 rings (SSSR count). The maximum Gasteiger partial charge on any atom is 0.573 e. The molecule has 6 nitrogen and oxygen atoms in total. The van der Waals surface area contributed by atoms with Crippen LogP contribution in [0, 0.1) is 5.82 Å². The first-order valence-electron chi connectivity index (χ1n) is 7.31. The van der Waals surface area contributed by atoms with Gasteiger partial charge in [-0.1, -0.05) is 0 Å². The molecule has 1 heterocycles. The fourth-order valence-corrected chi connectivity index (χ4v) is 2.30. The van der Waals surface area contributed by atoms with Crippen LogP contribution in [0.3, 0.4) is 0 Å². The first-order chi connectivity index (χ1) is 12.2. The minimum absolute atomic E-state index is 0.0410. The molecule has 1 aliphatic rings. The Morgan fingerprint density at radius 3 is 2.77 bits per heavy atom. The second-order valence-corrected chi connectivity index (χ2v) is 5.35. The van der Waals surface area contributed by atoms with Crippen molar-refractivity contribution in [2.24, 2.45) is 0 Å². The highest BCUT2D eigenvalue weighted by Gasteiger charge is 2.32. The Kier molecular flexibility index (Phi) is 4.49. The lowest BCUT2D eigenvalue weighted by molar-refractivity contribution is -0.275. The van der Waals surface area contributed by atoms with Crippen LogP contribution in [-0.4, -0.2) is 30.0 Å². The summed E-state index contributed by atoms with van der Waals surface area (Å²) in [5.74, 6) is -2.66. The van der Waals surface area contributed by atoms with E-state index in [9.17, 15) is 27.5 Å². The highest BCUT2D eigenvalue weighted by Crippen LogP contribution is 2.34. The summed E-state index contributed by atoms with van der Waals surface area (Å²) >= 11 is 0. The molecule has 0 aliphatic carbocycles. The predicted molar refractivity (Wildman–Crippen MR) is 82.7 cm³/mol. The summed E-state index contributed by atoms with van der Waals surface area (Å²) in [6.07, 6.45) is -6.03. The number of anilines is 2. The summed E-state index contributed by atoms with van der Waals surface area (Å²) in [4.78, 5) is 12.2. The number of fused-ring (bicyclic) bond motifs is 1. The molecule has 3 N–H and O–H groups in total. The van der Waals surface area contributed by atoms with Crippen molar-refractivity contribution in [2.45, 2.75) is 12.5 Å². The van der Waals surface area contributed by atoms with Crippen LogP contribution in [0.4, 0.5) is 28.9 Å². The number of benzene rings is 2. The number of carbonyl (C=O) groups is 1. The highest BCUT2D eigenvalue weighted by molar-refractivity contribution is 5.95. The van der Waals surface area contributed by atoms with E-state index in [1.165, 1.54) is 18.2 Å². The van der Waals surface area contributed by atoms with E-state index in [4.69, 9.17) is 4.74 Å². The minimum atomic E-state index is -5.00. The van der Waals surface area contributed by atoms with E-state index in [-0.39, 0.29) is 18.0 Å². The smallest absolute Gasteiger partial charge is 0.504 e. The van der Waals surface area contributed by atoms with Gasteiger partial charge in [0.15, 0.2) is 17.6 Å². The van der Waals surface area contributed by atoms with Crippen molar-refractivity contribution in [3.05, 3.63) is 42.2 Å². The number of amides is 1. The van der Waals surface area contributed by atoms with Gasteiger partial charge in [0.25, 0.3) is 5.91 Å². The molecule has 0 radical (unpaired) electrons. The first kappa shape index (κ1) is 17.6. The molecule has 0 aromatic heterocycles. The van der Waals surface area contributed by atoms with Gasteiger partial charge >= 0.3 is 6.36 Å². The van der Waals surface area contributed by atoms with Gasteiger partial charge in [-0.15, -0.1) is 13.2 Å².